The molecule has 6 nitrogen and oxygen atoms in total. The van der Waals surface area contributed by atoms with Crippen LogP contribution in [0.2, 0.25) is 0 Å². The highest BCUT2D eigenvalue weighted by atomic mass is 16.5. The zero-order valence-corrected chi connectivity index (χ0v) is 13.6. The Balaban J connectivity index is 2.01. The average molecular weight is 320 g/mol. The van der Waals surface area contributed by atoms with Gasteiger partial charge in [-0.3, -0.25) is 14.8 Å². The van der Waals surface area contributed by atoms with E-state index in [0.717, 1.165) is 25.7 Å². The number of carbonyl (C=O) groups is 2. The van der Waals surface area contributed by atoms with Crippen LogP contribution in [0.25, 0.3) is 0 Å². The van der Waals surface area contributed by atoms with Gasteiger partial charge in [0.15, 0.2) is 0 Å². The van der Waals surface area contributed by atoms with Gasteiger partial charge in [-0.2, -0.15) is 0 Å². The summed E-state index contributed by atoms with van der Waals surface area (Å²) in [7, 11) is 1.49. The van der Waals surface area contributed by atoms with Gasteiger partial charge in [0, 0.05) is 12.5 Å². The predicted molar refractivity (Wildman–Crippen MR) is 84.7 cm³/mol. The van der Waals surface area contributed by atoms with Crippen molar-refractivity contribution in [3.05, 3.63) is 35.4 Å². The smallest absolute Gasteiger partial charge is 0.268 e. The second-order valence-corrected chi connectivity index (χ2v) is 6.36. The Morgan fingerprint density at radius 1 is 1.39 bits per heavy atom. The van der Waals surface area contributed by atoms with Crippen LogP contribution in [0, 0.1) is 12.3 Å². The van der Waals surface area contributed by atoms with Crippen LogP contribution in [0.1, 0.15) is 30.4 Å². The molecule has 0 bridgehead atoms. The summed E-state index contributed by atoms with van der Waals surface area (Å²) in [5.74, 6) is -0.925. The first-order chi connectivity index (χ1) is 10.9. The molecule has 1 atom stereocenters. The predicted octanol–water partition coefficient (Wildman–Crippen LogP) is 1.03. The van der Waals surface area contributed by atoms with Crippen LogP contribution in [-0.2, 0) is 16.0 Å². The summed E-state index contributed by atoms with van der Waals surface area (Å²) in [5, 5.41) is 18.0. The van der Waals surface area contributed by atoms with Crippen molar-refractivity contribution in [3.8, 4) is 0 Å². The van der Waals surface area contributed by atoms with Crippen molar-refractivity contribution in [1.29, 1.82) is 0 Å². The molecular weight excluding hydrogens is 296 g/mol. The largest absolute Gasteiger partial charge is 0.394 e. The third-order valence-electron chi connectivity index (χ3n) is 4.66. The molecule has 23 heavy (non-hydrogen) atoms. The van der Waals surface area contributed by atoms with E-state index in [9.17, 15) is 14.7 Å². The Morgan fingerprint density at radius 3 is 2.61 bits per heavy atom. The zero-order chi connectivity index (χ0) is 17.0. The van der Waals surface area contributed by atoms with Crippen LogP contribution in [0.3, 0.4) is 0 Å². The van der Waals surface area contributed by atoms with Gasteiger partial charge < -0.3 is 10.0 Å². The zero-order valence-electron chi connectivity index (χ0n) is 13.6. The van der Waals surface area contributed by atoms with E-state index in [1.54, 1.807) is 0 Å². The number of likely N-dealkylation sites (N-methyl/N-ethyl adjacent to an activating group) is 1. The summed E-state index contributed by atoms with van der Waals surface area (Å²) in [6, 6.07) is 7.14. The van der Waals surface area contributed by atoms with Crippen LogP contribution in [0.5, 0.6) is 0 Å². The average Bonchev–Trinajstić information content (AvgIpc) is 3.33. The number of amides is 2. The number of hydrogen-bond acceptors (Lipinski definition) is 4. The minimum absolute atomic E-state index is 0.146. The van der Waals surface area contributed by atoms with Gasteiger partial charge in [0.25, 0.3) is 5.91 Å². The van der Waals surface area contributed by atoms with Crippen molar-refractivity contribution < 1.29 is 19.9 Å². The maximum atomic E-state index is 12.7. The number of aryl methyl sites for hydroxylation is 2. The fourth-order valence-electron chi connectivity index (χ4n) is 2.94. The molecule has 2 amide bonds. The molecule has 1 aromatic rings. The van der Waals surface area contributed by atoms with Crippen molar-refractivity contribution in [1.82, 2.24) is 10.4 Å². The molecule has 0 heterocycles. The van der Waals surface area contributed by atoms with Gasteiger partial charge in [-0.05, 0) is 38.2 Å². The number of nitrogens with one attached hydrogen (secondary N) is 1. The monoisotopic (exact) mass is 320 g/mol. The molecule has 1 saturated carbocycles. The lowest BCUT2D eigenvalue weighted by molar-refractivity contribution is -0.148. The molecule has 0 aromatic heterocycles. The molecule has 1 aliphatic carbocycles. The van der Waals surface area contributed by atoms with Gasteiger partial charge in [0.1, 0.15) is 6.04 Å². The first-order valence-electron chi connectivity index (χ1n) is 7.81. The Bertz CT molecular complexity index is 584. The van der Waals surface area contributed by atoms with Crippen molar-refractivity contribution in [2.24, 2.45) is 5.41 Å². The fraction of sp³-hybridized carbons (Fsp3) is 0.529. The summed E-state index contributed by atoms with van der Waals surface area (Å²) < 4.78 is 0. The minimum atomic E-state index is -1.07. The molecule has 3 N–H and O–H groups in total. The molecule has 2 rings (SSSR count). The standard InChI is InChI=1S/C17H24N2O4/c1-12-4-3-5-13(10-12)6-7-17(8-9-17)16(22)19(2)14(11-20)15(21)18-23/h3-5,10,14,20,23H,6-9,11H2,1-2H3,(H,18,21)/t14-/m1/s1. The third kappa shape index (κ3) is 3.89. The number of aliphatic hydroxyl groups excluding tert-OH is 1. The number of benzene rings is 1. The topological polar surface area (TPSA) is 89.9 Å². The van der Waals surface area contributed by atoms with E-state index in [4.69, 9.17) is 5.21 Å². The van der Waals surface area contributed by atoms with Crippen molar-refractivity contribution in [3.63, 3.8) is 0 Å². The molecule has 0 aliphatic heterocycles. The Hall–Kier alpha value is -1.92. The van der Waals surface area contributed by atoms with E-state index in [0.29, 0.717) is 0 Å². The summed E-state index contributed by atoms with van der Waals surface area (Å²) in [4.78, 5) is 25.5. The summed E-state index contributed by atoms with van der Waals surface area (Å²) >= 11 is 0. The van der Waals surface area contributed by atoms with Gasteiger partial charge in [0.2, 0.25) is 5.91 Å². The fourth-order valence-corrected chi connectivity index (χ4v) is 2.94. The summed E-state index contributed by atoms with van der Waals surface area (Å²) in [5.41, 5.74) is 3.44. The van der Waals surface area contributed by atoms with Crippen molar-refractivity contribution in [2.75, 3.05) is 13.7 Å². The lowest BCUT2D eigenvalue weighted by Gasteiger charge is -2.29. The van der Waals surface area contributed by atoms with E-state index in [1.165, 1.54) is 28.6 Å². The Kier molecular flexibility index (Phi) is 5.38. The molecule has 0 unspecified atom stereocenters. The van der Waals surface area contributed by atoms with Gasteiger partial charge >= 0.3 is 0 Å². The van der Waals surface area contributed by atoms with E-state index in [2.05, 4.69) is 6.07 Å². The molecule has 0 saturated heterocycles. The minimum Gasteiger partial charge on any atom is -0.394 e. The number of nitrogens with zero attached hydrogens (tertiary/aromatic N) is 1. The second kappa shape index (κ2) is 7.10. The van der Waals surface area contributed by atoms with E-state index in [1.807, 2.05) is 25.1 Å². The van der Waals surface area contributed by atoms with Crippen LogP contribution in [0.4, 0.5) is 0 Å². The van der Waals surface area contributed by atoms with E-state index < -0.39 is 24.0 Å². The molecular formula is C17H24N2O4. The van der Waals surface area contributed by atoms with Crippen LogP contribution in [-0.4, -0.2) is 46.7 Å². The van der Waals surface area contributed by atoms with Gasteiger partial charge in [-0.15, -0.1) is 0 Å². The van der Waals surface area contributed by atoms with Crippen LogP contribution >= 0.6 is 0 Å². The maximum absolute atomic E-state index is 12.7. The number of hydrogen-bond donors (Lipinski definition) is 3. The molecule has 0 radical (unpaired) electrons. The maximum Gasteiger partial charge on any atom is 0.268 e. The van der Waals surface area contributed by atoms with Gasteiger partial charge in [0.05, 0.1) is 6.61 Å². The molecule has 6 heteroatoms. The number of hydroxylamine groups is 1. The SMILES string of the molecule is Cc1cccc(CCC2(C(=O)N(C)[C@H](CO)C(=O)NO)CC2)c1. The van der Waals surface area contributed by atoms with Crippen LogP contribution < -0.4 is 5.48 Å². The normalized spacial score (nSPS) is 16.5. The molecule has 1 aromatic carbocycles. The second-order valence-electron chi connectivity index (χ2n) is 6.36. The Morgan fingerprint density at radius 2 is 2.09 bits per heavy atom. The van der Waals surface area contributed by atoms with E-state index >= 15 is 0 Å². The number of rotatable bonds is 7. The quantitative estimate of drug-likeness (QED) is 0.517. The lowest BCUT2D eigenvalue weighted by Crippen LogP contribution is -2.51. The summed E-state index contributed by atoms with van der Waals surface area (Å²) in [6.07, 6.45) is 3.11. The third-order valence-corrected chi connectivity index (χ3v) is 4.66. The highest BCUT2D eigenvalue weighted by Gasteiger charge is 2.51. The lowest BCUT2D eigenvalue weighted by atomic mass is 9.94. The first kappa shape index (κ1) is 17.4. The molecule has 0 spiro atoms. The molecule has 1 fully saturated rings. The van der Waals surface area contributed by atoms with Crippen molar-refractivity contribution >= 4 is 11.8 Å². The molecule has 126 valence electrons. The number of aliphatic hydroxyl groups is 1. The highest BCUT2D eigenvalue weighted by molar-refractivity contribution is 5.91. The van der Waals surface area contributed by atoms with Crippen LogP contribution in [0.15, 0.2) is 24.3 Å². The van der Waals surface area contributed by atoms with Gasteiger partial charge in [-0.1, -0.05) is 29.8 Å². The first-order valence-corrected chi connectivity index (χ1v) is 7.81. The Labute approximate surface area is 136 Å². The van der Waals surface area contributed by atoms with Crippen molar-refractivity contribution in [2.45, 2.75) is 38.6 Å². The highest BCUT2D eigenvalue weighted by Crippen LogP contribution is 2.51. The van der Waals surface area contributed by atoms with Gasteiger partial charge in [-0.25, -0.2) is 5.48 Å². The number of carbonyl (C=O) groups excluding carboxylic acids is 2. The summed E-state index contributed by atoms with van der Waals surface area (Å²) in [6.45, 7) is 1.51. The molecule has 1 aliphatic rings. The van der Waals surface area contributed by atoms with E-state index in [-0.39, 0.29) is 5.91 Å².